The van der Waals surface area contributed by atoms with Crippen LogP contribution in [0.2, 0.25) is 0 Å². The smallest absolute Gasteiger partial charge is 0.307 e. The highest BCUT2D eigenvalue weighted by atomic mass is 19.1. The maximum Gasteiger partial charge on any atom is 0.307 e. The minimum atomic E-state index is -1.18. The Labute approximate surface area is 118 Å². The van der Waals surface area contributed by atoms with Crippen molar-refractivity contribution in [1.29, 1.82) is 0 Å². The lowest BCUT2D eigenvalue weighted by molar-refractivity contribution is -0.387. The molecule has 0 saturated carbocycles. The molecule has 0 amide bonds. The Kier molecular flexibility index (Phi) is 4.39. The molecule has 21 heavy (non-hydrogen) atoms. The topological polar surface area (TPSA) is 77.3 Å². The van der Waals surface area contributed by atoms with Gasteiger partial charge in [0.05, 0.1) is 11.0 Å². The molecule has 0 aliphatic heterocycles. The molecule has 2 aromatic rings. The number of aromatic nitrogens is 1. The number of pyridine rings is 1. The number of halogens is 2. The fourth-order valence-corrected chi connectivity index (χ4v) is 1.63. The molecule has 1 N–H and O–H groups in total. The van der Waals surface area contributed by atoms with Crippen molar-refractivity contribution in [3.63, 3.8) is 0 Å². The quantitative estimate of drug-likeness (QED) is 0.678. The summed E-state index contributed by atoms with van der Waals surface area (Å²) in [6.45, 7) is 0.605. The Bertz CT molecular complexity index is 662. The molecular weight excluding hydrogens is 284 g/mol. The molecule has 0 fully saturated rings. The molecule has 2 rings (SSSR count). The molecule has 0 aliphatic carbocycles. The van der Waals surface area contributed by atoms with Gasteiger partial charge in [0.25, 0.3) is 0 Å². The monoisotopic (exact) mass is 295 g/mol. The molecule has 0 atom stereocenters. The first kappa shape index (κ1) is 14.8. The molecule has 0 aliphatic rings. The fourth-order valence-electron chi connectivity index (χ4n) is 1.63. The van der Waals surface area contributed by atoms with Gasteiger partial charge in [0.15, 0.2) is 11.6 Å². The molecule has 0 spiro atoms. The van der Waals surface area contributed by atoms with E-state index >= 15 is 0 Å². The lowest BCUT2D eigenvalue weighted by Gasteiger charge is -2.07. The van der Waals surface area contributed by atoms with E-state index in [0.29, 0.717) is 18.7 Å². The van der Waals surface area contributed by atoms with Crippen molar-refractivity contribution in [2.75, 3.05) is 7.05 Å². The van der Waals surface area contributed by atoms with Crippen molar-refractivity contribution in [3.8, 4) is 11.6 Å². The third-order valence-corrected chi connectivity index (χ3v) is 2.59. The van der Waals surface area contributed by atoms with Crippen molar-refractivity contribution in [2.45, 2.75) is 6.54 Å². The summed E-state index contributed by atoms with van der Waals surface area (Å²) in [5.41, 5.74) is -0.0580. The number of nitrogens with zero attached hydrogens (tertiary/aromatic N) is 2. The minimum absolute atomic E-state index is 0.0574. The van der Waals surface area contributed by atoms with Gasteiger partial charge in [-0.2, -0.15) is 4.39 Å². The van der Waals surface area contributed by atoms with E-state index in [4.69, 9.17) is 4.74 Å². The van der Waals surface area contributed by atoms with Gasteiger partial charge in [-0.3, -0.25) is 10.1 Å². The number of nitro benzene ring substituents is 1. The second-order valence-corrected chi connectivity index (χ2v) is 4.13. The third kappa shape index (κ3) is 3.48. The van der Waals surface area contributed by atoms with E-state index in [1.165, 1.54) is 12.3 Å². The number of hydrogen-bond acceptors (Lipinski definition) is 5. The summed E-state index contributed by atoms with van der Waals surface area (Å²) in [5.74, 6) is -2.62. The first-order chi connectivity index (χ1) is 10.0. The molecule has 0 bridgehead atoms. The summed E-state index contributed by atoms with van der Waals surface area (Å²) < 4.78 is 32.2. The molecule has 0 saturated heterocycles. The summed E-state index contributed by atoms with van der Waals surface area (Å²) >= 11 is 0. The fraction of sp³-hybridized carbons (Fsp3) is 0.154. The third-order valence-electron chi connectivity index (χ3n) is 2.59. The van der Waals surface area contributed by atoms with Gasteiger partial charge in [-0.15, -0.1) is 0 Å². The molecule has 110 valence electrons. The molecule has 1 aromatic heterocycles. The van der Waals surface area contributed by atoms with Crippen LogP contribution >= 0.6 is 0 Å². The Balaban J connectivity index is 2.23. The van der Waals surface area contributed by atoms with Crippen molar-refractivity contribution in [1.82, 2.24) is 10.3 Å². The van der Waals surface area contributed by atoms with Crippen LogP contribution in [0.3, 0.4) is 0 Å². The molecule has 0 unspecified atom stereocenters. The number of nitrogens with one attached hydrogen (secondary N) is 1. The van der Waals surface area contributed by atoms with E-state index < -0.39 is 28.0 Å². The summed E-state index contributed by atoms with van der Waals surface area (Å²) in [7, 11) is 1.78. The summed E-state index contributed by atoms with van der Waals surface area (Å²) in [5, 5.41) is 13.4. The van der Waals surface area contributed by atoms with E-state index in [-0.39, 0.29) is 5.88 Å². The highest BCUT2D eigenvalue weighted by molar-refractivity contribution is 5.40. The second-order valence-electron chi connectivity index (χ2n) is 4.13. The largest absolute Gasteiger partial charge is 0.436 e. The van der Waals surface area contributed by atoms with Crippen LogP contribution in [0.4, 0.5) is 14.5 Å². The van der Waals surface area contributed by atoms with Crippen LogP contribution in [0.15, 0.2) is 30.5 Å². The first-order valence-corrected chi connectivity index (χ1v) is 5.92. The zero-order valence-electron chi connectivity index (χ0n) is 11.0. The molecule has 1 heterocycles. The number of benzene rings is 1. The Morgan fingerprint density at radius 3 is 2.67 bits per heavy atom. The molecule has 1 aromatic carbocycles. The molecule has 6 nitrogen and oxygen atoms in total. The van der Waals surface area contributed by atoms with E-state index in [1.54, 1.807) is 13.1 Å². The average Bonchev–Trinajstić information content (AvgIpc) is 2.44. The zero-order chi connectivity index (χ0) is 15.4. The number of nitro groups is 1. The Morgan fingerprint density at radius 1 is 1.33 bits per heavy atom. The van der Waals surface area contributed by atoms with Crippen LogP contribution in [0.25, 0.3) is 0 Å². The van der Waals surface area contributed by atoms with Gasteiger partial charge in [0.1, 0.15) is 0 Å². The second kappa shape index (κ2) is 6.23. The first-order valence-electron chi connectivity index (χ1n) is 5.92. The van der Waals surface area contributed by atoms with E-state index in [0.717, 1.165) is 5.56 Å². The van der Waals surface area contributed by atoms with Gasteiger partial charge >= 0.3 is 5.69 Å². The number of ether oxygens (including phenoxy) is 1. The number of hydrogen-bond donors (Lipinski definition) is 1. The zero-order valence-corrected chi connectivity index (χ0v) is 11.0. The lowest BCUT2D eigenvalue weighted by atomic mass is 10.2. The highest BCUT2D eigenvalue weighted by Crippen LogP contribution is 2.29. The van der Waals surface area contributed by atoms with E-state index in [9.17, 15) is 18.9 Å². The van der Waals surface area contributed by atoms with E-state index in [1.807, 2.05) is 0 Å². The summed E-state index contributed by atoms with van der Waals surface area (Å²) in [6.07, 6.45) is 1.52. The lowest BCUT2D eigenvalue weighted by Crippen LogP contribution is -2.05. The van der Waals surface area contributed by atoms with Gasteiger partial charge in [-0.05, 0) is 12.6 Å². The van der Waals surface area contributed by atoms with Gasteiger partial charge in [0.2, 0.25) is 11.7 Å². The predicted molar refractivity (Wildman–Crippen MR) is 70.1 cm³/mol. The van der Waals surface area contributed by atoms with Gasteiger partial charge in [-0.1, -0.05) is 6.07 Å². The summed E-state index contributed by atoms with van der Waals surface area (Å²) in [4.78, 5) is 13.4. The molecule has 8 heteroatoms. The van der Waals surface area contributed by atoms with Crippen LogP contribution in [-0.2, 0) is 6.54 Å². The number of rotatable bonds is 5. The van der Waals surface area contributed by atoms with Crippen LogP contribution in [0.1, 0.15) is 5.56 Å². The maximum atomic E-state index is 13.6. The Morgan fingerprint density at radius 2 is 2.10 bits per heavy atom. The maximum absolute atomic E-state index is 13.6. The highest BCUT2D eigenvalue weighted by Gasteiger charge is 2.19. The van der Waals surface area contributed by atoms with Crippen molar-refractivity contribution < 1.29 is 18.4 Å². The standard InChI is InChI=1S/C13H11F2N3O3/c1-16-6-8-2-3-13(17-7-8)21-12-5-9(14)11(18(19)20)4-10(12)15/h2-5,7,16H,6H2,1H3. The van der Waals surface area contributed by atoms with Gasteiger partial charge < -0.3 is 10.1 Å². The normalized spacial score (nSPS) is 10.4. The SMILES string of the molecule is CNCc1ccc(Oc2cc(F)c([N+](=O)[O-])cc2F)nc1. The van der Waals surface area contributed by atoms with Crippen LogP contribution < -0.4 is 10.1 Å². The van der Waals surface area contributed by atoms with Crippen LogP contribution in [0, 0.1) is 21.7 Å². The van der Waals surface area contributed by atoms with Gasteiger partial charge in [0, 0.05) is 24.9 Å². The average molecular weight is 295 g/mol. The molecular formula is C13H11F2N3O3. The van der Waals surface area contributed by atoms with Crippen molar-refractivity contribution >= 4 is 5.69 Å². The van der Waals surface area contributed by atoms with E-state index in [2.05, 4.69) is 10.3 Å². The molecule has 0 radical (unpaired) electrons. The minimum Gasteiger partial charge on any atom is -0.436 e. The van der Waals surface area contributed by atoms with Crippen LogP contribution in [0.5, 0.6) is 11.6 Å². The van der Waals surface area contributed by atoms with Crippen molar-refractivity contribution in [3.05, 3.63) is 57.8 Å². The predicted octanol–water partition coefficient (Wildman–Crippen LogP) is 2.78. The van der Waals surface area contributed by atoms with Crippen molar-refractivity contribution in [2.24, 2.45) is 0 Å². The van der Waals surface area contributed by atoms with Gasteiger partial charge in [-0.25, -0.2) is 9.37 Å². The van der Waals surface area contributed by atoms with Crippen LogP contribution in [-0.4, -0.2) is 17.0 Å². The Hall–Kier alpha value is -2.61. The summed E-state index contributed by atoms with van der Waals surface area (Å²) in [6, 6.07) is 4.29.